The third kappa shape index (κ3) is 1.54. The summed E-state index contributed by atoms with van der Waals surface area (Å²) in [7, 11) is 0. The summed E-state index contributed by atoms with van der Waals surface area (Å²) in [6.07, 6.45) is 6.11. The van der Waals surface area contributed by atoms with Gasteiger partial charge in [-0.1, -0.05) is 13.8 Å². The van der Waals surface area contributed by atoms with Crippen LogP contribution in [0.5, 0.6) is 0 Å². The van der Waals surface area contributed by atoms with Crippen LogP contribution in [0, 0.1) is 22.7 Å². The summed E-state index contributed by atoms with van der Waals surface area (Å²) in [5, 5.41) is 12.9. The number of hydrogen-bond donors (Lipinski definition) is 1. The average molecular weight is 192 g/mol. The van der Waals surface area contributed by atoms with E-state index in [4.69, 9.17) is 0 Å². The Labute approximate surface area is 86.7 Å². The van der Waals surface area contributed by atoms with E-state index in [2.05, 4.69) is 25.2 Å². The van der Waals surface area contributed by atoms with Crippen molar-refractivity contribution in [3.8, 4) is 6.07 Å². The molecule has 78 valence electrons. The van der Waals surface area contributed by atoms with E-state index in [1.54, 1.807) is 0 Å². The molecule has 2 heteroatoms. The van der Waals surface area contributed by atoms with Crippen LogP contribution in [0.25, 0.3) is 0 Å². The number of nitrogens with one attached hydrogen (secondary N) is 1. The van der Waals surface area contributed by atoms with Crippen LogP contribution in [0.3, 0.4) is 0 Å². The zero-order chi connectivity index (χ0) is 10.2. The predicted molar refractivity (Wildman–Crippen MR) is 56.7 cm³/mol. The van der Waals surface area contributed by atoms with Crippen LogP contribution in [0.4, 0.5) is 0 Å². The Hall–Kier alpha value is -0.550. The number of hydrogen-bond acceptors (Lipinski definition) is 2. The van der Waals surface area contributed by atoms with Crippen molar-refractivity contribution in [2.45, 2.75) is 51.5 Å². The van der Waals surface area contributed by atoms with E-state index in [0.29, 0.717) is 0 Å². The first-order valence-corrected chi connectivity index (χ1v) is 5.76. The fraction of sp³-hybridized carbons (Fsp3) is 0.917. The molecule has 2 aliphatic carbocycles. The molecule has 2 fully saturated rings. The van der Waals surface area contributed by atoms with E-state index < -0.39 is 0 Å². The van der Waals surface area contributed by atoms with Crippen LogP contribution in [-0.4, -0.2) is 12.1 Å². The molecule has 1 atom stereocenters. The molecule has 0 aromatic carbocycles. The van der Waals surface area contributed by atoms with Gasteiger partial charge >= 0.3 is 0 Å². The Morgan fingerprint density at radius 3 is 2.50 bits per heavy atom. The predicted octanol–water partition coefficient (Wildman–Crippen LogP) is 2.46. The van der Waals surface area contributed by atoms with Crippen molar-refractivity contribution in [2.24, 2.45) is 11.3 Å². The monoisotopic (exact) mass is 192 g/mol. The summed E-state index contributed by atoms with van der Waals surface area (Å²) in [5.41, 5.74) is -0.0910. The zero-order valence-electron chi connectivity index (χ0n) is 9.27. The second-order valence-electron chi connectivity index (χ2n) is 5.58. The van der Waals surface area contributed by atoms with Crippen molar-refractivity contribution in [1.29, 1.82) is 5.26 Å². The molecule has 14 heavy (non-hydrogen) atoms. The van der Waals surface area contributed by atoms with Gasteiger partial charge in [-0.25, -0.2) is 0 Å². The smallest absolute Gasteiger partial charge is 0.111 e. The number of nitrogens with zero attached hydrogens (tertiary/aromatic N) is 1. The van der Waals surface area contributed by atoms with Gasteiger partial charge in [0.15, 0.2) is 0 Å². The van der Waals surface area contributed by atoms with E-state index in [9.17, 15) is 5.26 Å². The summed E-state index contributed by atoms with van der Waals surface area (Å²) in [5.74, 6) is 0.858. The highest BCUT2D eigenvalue weighted by Crippen LogP contribution is 2.46. The largest absolute Gasteiger partial charge is 0.299 e. The normalized spacial score (nSPS) is 35.5. The van der Waals surface area contributed by atoms with E-state index in [0.717, 1.165) is 18.9 Å². The second-order valence-corrected chi connectivity index (χ2v) is 5.58. The van der Waals surface area contributed by atoms with Crippen LogP contribution in [0.15, 0.2) is 0 Å². The highest BCUT2D eigenvalue weighted by atomic mass is 15.0. The summed E-state index contributed by atoms with van der Waals surface area (Å²) in [6, 6.07) is 2.54. The lowest BCUT2D eigenvalue weighted by atomic mass is 9.76. The molecule has 2 saturated carbocycles. The molecular formula is C12H20N2. The van der Waals surface area contributed by atoms with Gasteiger partial charge in [0.05, 0.1) is 6.07 Å². The van der Waals surface area contributed by atoms with Gasteiger partial charge in [-0.05, 0) is 50.0 Å². The maximum absolute atomic E-state index is 9.37. The van der Waals surface area contributed by atoms with Gasteiger partial charge in [0.2, 0.25) is 0 Å². The first-order valence-electron chi connectivity index (χ1n) is 5.76. The van der Waals surface area contributed by atoms with Gasteiger partial charge in [-0.3, -0.25) is 5.32 Å². The Bertz CT molecular complexity index is 260. The lowest BCUT2D eigenvalue weighted by Gasteiger charge is -2.36. The van der Waals surface area contributed by atoms with Gasteiger partial charge in [-0.2, -0.15) is 5.26 Å². The fourth-order valence-corrected chi connectivity index (χ4v) is 2.56. The van der Waals surface area contributed by atoms with Crippen molar-refractivity contribution >= 4 is 0 Å². The topological polar surface area (TPSA) is 35.8 Å². The SMILES string of the molecule is CC1(C)CCCC1(C#N)NCC1CC1. The van der Waals surface area contributed by atoms with Gasteiger partial charge in [0.25, 0.3) is 0 Å². The quantitative estimate of drug-likeness (QED) is 0.745. The molecule has 0 aromatic heterocycles. The minimum atomic E-state index is -0.240. The summed E-state index contributed by atoms with van der Waals surface area (Å²) >= 11 is 0. The van der Waals surface area contributed by atoms with Gasteiger partial charge in [-0.15, -0.1) is 0 Å². The first-order chi connectivity index (χ1) is 6.60. The minimum Gasteiger partial charge on any atom is -0.299 e. The lowest BCUT2D eigenvalue weighted by molar-refractivity contribution is 0.213. The molecule has 0 aromatic rings. The van der Waals surface area contributed by atoms with Crippen molar-refractivity contribution in [1.82, 2.24) is 5.32 Å². The van der Waals surface area contributed by atoms with Crippen LogP contribution < -0.4 is 5.32 Å². The lowest BCUT2D eigenvalue weighted by Crippen LogP contribution is -2.52. The van der Waals surface area contributed by atoms with Crippen LogP contribution in [0.1, 0.15) is 46.0 Å². The molecule has 1 N–H and O–H groups in total. The summed E-state index contributed by atoms with van der Waals surface area (Å²) in [6.45, 7) is 5.50. The van der Waals surface area contributed by atoms with E-state index >= 15 is 0 Å². The molecule has 2 rings (SSSR count). The van der Waals surface area contributed by atoms with E-state index in [-0.39, 0.29) is 11.0 Å². The van der Waals surface area contributed by atoms with Crippen LogP contribution in [-0.2, 0) is 0 Å². The third-order valence-corrected chi connectivity index (χ3v) is 4.09. The first kappa shape index (κ1) is 9.98. The average Bonchev–Trinajstić information content (AvgIpc) is 2.90. The molecule has 2 nitrogen and oxygen atoms in total. The van der Waals surface area contributed by atoms with Crippen molar-refractivity contribution in [3.05, 3.63) is 0 Å². The molecule has 0 spiro atoms. The van der Waals surface area contributed by atoms with Crippen molar-refractivity contribution in [3.63, 3.8) is 0 Å². The molecule has 0 bridgehead atoms. The second kappa shape index (κ2) is 3.24. The Kier molecular flexibility index (Phi) is 2.31. The van der Waals surface area contributed by atoms with Gasteiger partial charge < -0.3 is 0 Å². The Morgan fingerprint density at radius 2 is 2.07 bits per heavy atom. The Balaban J connectivity index is 2.04. The molecule has 0 saturated heterocycles. The van der Waals surface area contributed by atoms with Gasteiger partial charge in [0, 0.05) is 0 Å². The highest BCUT2D eigenvalue weighted by Gasteiger charge is 2.49. The standard InChI is InChI=1S/C12H20N2/c1-11(2)6-3-7-12(11,9-13)14-8-10-4-5-10/h10,14H,3-8H2,1-2H3. The maximum Gasteiger partial charge on any atom is 0.111 e. The van der Waals surface area contributed by atoms with Crippen LogP contribution >= 0.6 is 0 Å². The van der Waals surface area contributed by atoms with Crippen molar-refractivity contribution < 1.29 is 0 Å². The Morgan fingerprint density at radius 1 is 1.36 bits per heavy atom. The van der Waals surface area contributed by atoms with Crippen LogP contribution in [0.2, 0.25) is 0 Å². The van der Waals surface area contributed by atoms with E-state index in [1.807, 2.05) is 0 Å². The number of nitriles is 1. The van der Waals surface area contributed by atoms with Crippen molar-refractivity contribution in [2.75, 3.05) is 6.54 Å². The molecule has 0 heterocycles. The number of rotatable bonds is 3. The molecule has 1 unspecified atom stereocenters. The molecule has 0 radical (unpaired) electrons. The third-order valence-electron chi connectivity index (χ3n) is 4.09. The highest BCUT2D eigenvalue weighted by molar-refractivity contribution is 5.18. The zero-order valence-corrected chi connectivity index (χ0v) is 9.27. The molecule has 0 amide bonds. The fourth-order valence-electron chi connectivity index (χ4n) is 2.56. The minimum absolute atomic E-state index is 0.149. The van der Waals surface area contributed by atoms with Gasteiger partial charge in [0.1, 0.15) is 5.54 Å². The molecular weight excluding hydrogens is 172 g/mol. The van der Waals surface area contributed by atoms with E-state index in [1.165, 1.54) is 25.7 Å². The maximum atomic E-state index is 9.37. The summed E-state index contributed by atoms with van der Waals surface area (Å²) < 4.78 is 0. The molecule has 0 aliphatic heterocycles. The molecule has 2 aliphatic rings. The summed E-state index contributed by atoms with van der Waals surface area (Å²) in [4.78, 5) is 0.